The molecule has 22 heavy (non-hydrogen) atoms. The van der Waals surface area contributed by atoms with Crippen molar-refractivity contribution in [3.63, 3.8) is 0 Å². The molecule has 3 aliphatic rings. The predicted molar refractivity (Wildman–Crippen MR) is 90.6 cm³/mol. The van der Waals surface area contributed by atoms with Gasteiger partial charge < -0.3 is 9.47 Å². The molecule has 0 aromatic heterocycles. The van der Waals surface area contributed by atoms with Gasteiger partial charge in [-0.2, -0.15) is 0 Å². The molecule has 1 heterocycles. The Balaban J connectivity index is 1.93. The van der Waals surface area contributed by atoms with Gasteiger partial charge in [0, 0.05) is 0 Å². The first kappa shape index (κ1) is 16.5. The molecule has 0 radical (unpaired) electrons. The van der Waals surface area contributed by atoms with Gasteiger partial charge in [0.1, 0.15) is 0 Å². The molecule has 2 aliphatic carbocycles. The Hall–Kier alpha value is -0.340. The summed E-state index contributed by atoms with van der Waals surface area (Å²) in [6.07, 6.45) is 7.40. The zero-order valence-corrected chi connectivity index (χ0v) is 15.5. The van der Waals surface area contributed by atoms with Gasteiger partial charge in [-0.15, -0.1) is 0 Å². The van der Waals surface area contributed by atoms with Gasteiger partial charge in [0.15, 0.2) is 5.79 Å². The molecule has 1 unspecified atom stereocenters. The molecular weight excluding hydrogens is 272 g/mol. The smallest absolute Gasteiger partial charge is 0.186 e. The molecule has 6 atom stereocenters. The fraction of sp³-hybridized carbons (Fsp3) is 0.900. The van der Waals surface area contributed by atoms with Crippen molar-refractivity contribution in [3.05, 3.63) is 11.6 Å². The fourth-order valence-electron chi connectivity index (χ4n) is 5.91. The van der Waals surface area contributed by atoms with Crippen molar-refractivity contribution in [1.29, 1.82) is 0 Å². The van der Waals surface area contributed by atoms with E-state index in [-0.39, 0.29) is 11.7 Å². The highest BCUT2D eigenvalue weighted by Gasteiger charge is 2.59. The Labute approximate surface area is 136 Å². The van der Waals surface area contributed by atoms with Crippen molar-refractivity contribution in [2.45, 2.75) is 91.6 Å². The second-order valence-corrected chi connectivity index (χ2v) is 9.48. The monoisotopic (exact) mass is 306 g/mol. The molecule has 0 aromatic rings. The summed E-state index contributed by atoms with van der Waals surface area (Å²) in [7, 11) is 0. The lowest BCUT2D eigenvalue weighted by Crippen LogP contribution is -2.40. The van der Waals surface area contributed by atoms with Crippen LogP contribution in [-0.2, 0) is 9.47 Å². The van der Waals surface area contributed by atoms with Crippen molar-refractivity contribution in [1.82, 2.24) is 0 Å². The highest BCUT2D eigenvalue weighted by molar-refractivity contribution is 5.11. The van der Waals surface area contributed by atoms with Gasteiger partial charge in [0.25, 0.3) is 0 Å². The van der Waals surface area contributed by atoms with Crippen LogP contribution in [0.4, 0.5) is 0 Å². The SMILES string of the molecule is CC(C)=C[C@]1(C)O[C@H]2CC3[C@H](C)CC[C@H]3C(C)(C)C[C@@]2(C)O1. The van der Waals surface area contributed by atoms with E-state index >= 15 is 0 Å². The standard InChI is InChI=1S/C20H34O2/c1-13(2)11-20(7)21-17-10-15-14(3)8-9-16(15)18(4,5)12-19(17,6)22-20/h11,14-17H,8-10,12H2,1-7H3/t14-,15?,16-,17+,19-,20-/m1/s1. The molecule has 126 valence electrons. The lowest BCUT2D eigenvalue weighted by Gasteiger charge is -2.38. The van der Waals surface area contributed by atoms with Crippen molar-refractivity contribution in [2.24, 2.45) is 23.2 Å². The van der Waals surface area contributed by atoms with E-state index in [9.17, 15) is 0 Å². The van der Waals surface area contributed by atoms with E-state index in [0.717, 1.165) is 30.6 Å². The molecule has 0 aromatic carbocycles. The van der Waals surface area contributed by atoms with Crippen LogP contribution in [0.3, 0.4) is 0 Å². The van der Waals surface area contributed by atoms with Crippen LogP contribution in [0.1, 0.15) is 74.1 Å². The van der Waals surface area contributed by atoms with Crippen LogP contribution in [0, 0.1) is 23.2 Å². The molecule has 0 bridgehead atoms. The number of ether oxygens (including phenoxy) is 2. The van der Waals surface area contributed by atoms with Crippen LogP contribution in [0.2, 0.25) is 0 Å². The third kappa shape index (κ3) is 2.67. The van der Waals surface area contributed by atoms with Crippen LogP contribution in [0.25, 0.3) is 0 Å². The topological polar surface area (TPSA) is 18.5 Å². The zero-order valence-electron chi connectivity index (χ0n) is 15.5. The fourth-order valence-corrected chi connectivity index (χ4v) is 5.91. The van der Waals surface area contributed by atoms with Crippen LogP contribution in [0.15, 0.2) is 11.6 Å². The van der Waals surface area contributed by atoms with Crippen LogP contribution in [0.5, 0.6) is 0 Å². The Bertz CT molecular complexity index is 476. The average molecular weight is 306 g/mol. The number of rotatable bonds is 1. The van der Waals surface area contributed by atoms with Gasteiger partial charge in [-0.25, -0.2) is 0 Å². The molecule has 0 amide bonds. The van der Waals surface area contributed by atoms with E-state index < -0.39 is 5.79 Å². The van der Waals surface area contributed by atoms with Gasteiger partial charge in [-0.05, 0) is 76.2 Å². The maximum absolute atomic E-state index is 6.57. The summed E-state index contributed by atoms with van der Waals surface area (Å²) in [5, 5.41) is 0. The van der Waals surface area contributed by atoms with Crippen LogP contribution in [-0.4, -0.2) is 17.5 Å². The number of fused-ring (bicyclic) bond motifs is 2. The van der Waals surface area contributed by atoms with Gasteiger partial charge in [0.05, 0.1) is 11.7 Å². The minimum atomic E-state index is -0.553. The Kier molecular flexibility index (Phi) is 3.81. The minimum Gasteiger partial charge on any atom is -0.340 e. The lowest BCUT2D eigenvalue weighted by molar-refractivity contribution is -0.148. The number of hydrogen-bond donors (Lipinski definition) is 0. The van der Waals surface area contributed by atoms with E-state index in [0.29, 0.717) is 5.41 Å². The maximum atomic E-state index is 6.57. The average Bonchev–Trinajstić information content (AvgIpc) is 2.75. The first-order valence-corrected chi connectivity index (χ1v) is 9.09. The maximum Gasteiger partial charge on any atom is 0.186 e. The number of hydrogen-bond acceptors (Lipinski definition) is 2. The highest BCUT2D eigenvalue weighted by atomic mass is 16.8. The van der Waals surface area contributed by atoms with Gasteiger partial charge in [0.2, 0.25) is 0 Å². The molecule has 1 aliphatic heterocycles. The minimum absolute atomic E-state index is 0.158. The van der Waals surface area contributed by atoms with E-state index in [1.54, 1.807) is 0 Å². The molecular formula is C20H34O2. The predicted octanol–water partition coefficient (Wildman–Crippen LogP) is 5.33. The Morgan fingerprint density at radius 3 is 2.41 bits per heavy atom. The first-order valence-electron chi connectivity index (χ1n) is 9.09. The third-order valence-electron chi connectivity index (χ3n) is 6.52. The molecule has 2 nitrogen and oxygen atoms in total. The largest absolute Gasteiger partial charge is 0.340 e. The summed E-state index contributed by atoms with van der Waals surface area (Å²) in [5.74, 6) is 1.89. The van der Waals surface area contributed by atoms with E-state index in [1.807, 2.05) is 0 Å². The summed E-state index contributed by atoms with van der Waals surface area (Å²) in [6.45, 7) is 16.0. The van der Waals surface area contributed by atoms with Gasteiger partial charge >= 0.3 is 0 Å². The van der Waals surface area contributed by atoms with Crippen molar-refractivity contribution >= 4 is 0 Å². The highest BCUT2D eigenvalue weighted by Crippen LogP contribution is 2.58. The first-order chi connectivity index (χ1) is 10.0. The second-order valence-electron chi connectivity index (χ2n) is 9.48. The molecule has 1 saturated heterocycles. The molecule has 0 N–H and O–H groups in total. The summed E-state index contributed by atoms with van der Waals surface area (Å²) < 4.78 is 13.1. The summed E-state index contributed by atoms with van der Waals surface area (Å²) in [4.78, 5) is 0. The van der Waals surface area contributed by atoms with Crippen LogP contribution >= 0.6 is 0 Å². The van der Waals surface area contributed by atoms with Gasteiger partial charge in [-0.1, -0.05) is 32.8 Å². The van der Waals surface area contributed by atoms with Gasteiger partial charge in [-0.3, -0.25) is 0 Å². The summed E-state index contributed by atoms with van der Waals surface area (Å²) in [6, 6.07) is 0. The summed E-state index contributed by atoms with van der Waals surface area (Å²) >= 11 is 0. The quantitative estimate of drug-likeness (QED) is 0.610. The molecule has 2 saturated carbocycles. The molecule has 2 heteroatoms. The number of allylic oxidation sites excluding steroid dienone is 1. The lowest BCUT2D eigenvalue weighted by atomic mass is 9.69. The van der Waals surface area contributed by atoms with E-state index in [2.05, 4.69) is 54.5 Å². The zero-order chi connectivity index (χ0) is 16.3. The second kappa shape index (κ2) is 5.08. The molecule has 3 rings (SSSR count). The Morgan fingerprint density at radius 2 is 1.77 bits per heavy atom. The third-order valence-corrected chi connectivity index (χ3v) is 6.52. The van der Waals surface area contributed by atoms with Crippen molar-refractivity contribution in [3.8, 4) is 0 Å². The van der Waals surface area contributed by atoms with Crippen LogP contribution < -0.4 is 0 Å². The van der Waals surface area contributed by atoms with E-state index in [4.69, 9.17) is 9.47 Å². The van der Waals surface area contributed by atoms with Crippen molar-refractivity contribution < 1.29 is 9.47 Å². The molecule has 0 spiro atoms. The normalized spacial score (nSPS) is 50.1. The molecule has 3 fully saturated rings. The summed E-state index contributed by atoms with van der Waals surface area (Å²) in [5.41, 5.74) is 1.43. The van der Waals surface area contributed by atoms with E-state index in [1.165, 1.54) is 18.4 Å². The Morgan fingerprint density at radius 1 is 1.09 bits per heavy atom. The van der Waals surface area contributed by atoms with Crippen molar-refractivity contribution in [2.75, 3.05) is 0 Å².